The summed E-state index contributed by atoms with van der Waals surface area (Å²) in [7, 11) is 0. The standard InChI is InChI=1S/C69H106N2O22/c1-23-31-84-48(72)38-68(39-49(73)85-32-24-2,40-50(74)86-33-25-3)92-56(80)54(78)90-47(37-61(7,8)9)63(13,14)45-66(19,20)59(82)70-29-30-71-60(83)67(21,22)46-65(17,18)58(64(15,16)44-62(10,11)12)91-55(79)57(81)93-69(41-51(75)87-34-26-4,42-52(76)88-35-27-5)43-53(77)89-36-28-6/h23-28,47,58H,1-6,29-46H2,7-22H3,(H,70,82)(H,71,83). The van der Waals surface area contributed by atoms with Gasteiger partial charge in [0.25, 0.3) is 0 Å². The minimum atomic E-state index is -2.38. The second-order valence-corrected chi connectivity index (χ2v) is 28.8. The number of carbonyl (C=O) groups excluding carboxylic acids is 12. The van der Waals surface area contributed by atoms with Crippen molar-refractivity contribution in [2.75, 3.05) is 52.7 Å². The van der Waals surface area contributed by atoms with E-state index in [2.05, 4.69) is 50.1 Å². The number of esters is 10. The smallest absolute Gasteiger partial charge is 0.418 e. The highest BCUT2D eigenvalue weighted by molar-refractivity contribution is 6.30. The van der Waals surface area contributed by atoms with Crippen LogP contribution in [0.4, 0.5) is 0 Å². The summed E-state index contributed by atoms with van der Waals surface area (Å²) in [5.41, 5.74) is -11.2. The van der Waals surface area contributed by atoms with Gasteiger partial charge < -0.3 is 58.0 Å². The molecule has 0 saturated heterocycles. The lowest BCUT2D eigenvalue weighted by molar-refractivity contribution is -0.196. The van der Waals surface area contributed by atoms with Crippen LogP contribution < -0.4 is 10.6 Å². The normalized spacial score (nSPS) is 12.9. The minimum Gasteiger partial charge on any atom is -0.461 e. The summed E-state index contributed by atoms with van der Waals surface area (Å²) in [6.45, 7) is 48.1. The number of carbonyl (C=O) groups is 12. The van der Waals surface area contributed by atoms with Gasteiger partial charge in [0.15, 0.2) is 0 Å². The third-order valence-corrected chi connectivity index (χ3v) is 14.2. The molecule has 2 amide bonds. The third-order valence-electron chi connectivity index (χ3n) is 14.2. The molecule has 0 aromatic carbocycles. The van der Waals surface area contributed by atoms with Crippen LogP contribution in [0.2, 0.25) is 0 Å². The van der Waals surface area contributed by atoms with Crippen molar-refractivity contribution in [2.24, 2.45) is 37.9 Å². The van der Waals surface area contributed by atoms with Crippen LogP contribution in [0.5, 0.6) is 0 Å². The van der Waals surface area contributed by atoms with E-state index in [0.717, 1.165) is 0 Å². The van der Waals surface area contributed by atoms with E-state index in [9.17, 15) is 57.5 Å². The molecule has 0 fully saturated rings. The molecule has 24 heteroatoms. The van der Waals surface area contributed by atoms with Gasteiger partial charge in [-0.15, -0.1) is 0 Å². The van der Waals surface area contributed by atoms with Crippen molar-refractivity contribution in [3.63, 3.8) is 0 Å². The van der Waals surface area contributed by atoms with Crippen LogP contribution in [0.1, 0.15) is 175 Å². The zero-order valence-corrected chi connectivity index (χ0v) is 58.1. The predicted molar refractivity (Wildman–Crippen MR) is 344 cm³/mol. The largest absolute Gasteiger partial charge is 0.461 e. The average molecular weight is 1320 g/mol. The fourth-order valence-electron chi connectivity index (χ4n) is 11.5. The third kappa shape index (κ3) is 32.5. The van der Waals surface area contributed by atoms with Gasteiger partial charge in [-0.1, -0.05) is 187 Å². The molecular formula is C69H106N2O22. The Balaban J connectivity index is 6.84. The molecule has 0 spiro atoms. The van der Waals surface area contributed by atoms with Crippen molar-refractivity contribution in [1.29, 1.82) is 0 Å². The molecule has 0 saturated carbocycles. The van der Waals surface area contributed by atoms with Crippen molar-refractivity contribution in [1.82, 2.24) is 10.6 Å². The lowest BCUT2D eigenvalue weighted by Gasteiger charge is -2.48. The summed E-state index contributed by atoms with van der Waals surface area (Å²) in [5, 5.41) is 5.75. The molecule has 524 valence electrons. The Bertz CT molecular complexity index is 2550. The van der Waals surface area contributed by atoms with Crippen LogP contribution >= 0.6 is 0 Å². The van der Waals surface area contributed by atoms with Gasteiger partial charge in [-0.3, -0.25) is 38.4 Å². The molecule has 0 radical (unpaired) electrons. The number of ether oxygens (including phenoxy) is 10. The molecule has 24 nitrogen and oxygen atoms in total. The lowest BCUT2D eigenvalue weighted by atomic mass is 9.61. The van der Waals surface area contributed by atoms with Gasteiger partial charge >= 0.3 is 59.7 Å². The van der Waals surface area contributed by atoms with E-state index in [1.807, 2.05) is 55.4 Å². The summed E-state index contributed by atoms with van der Waals surface area (Å²) < 4.78 is 54.0. The highest BCUT2D eigenvalue weighted by atomic mass is 16.6. The summed E-state index contributed by atoms with van der Waals surface area (Å²) in [5.74, 6) is -13.4. The second-order valence-electron chi connectivity index (χ2n) is 28.8. The fraction of sp³-hybridized carbons (Fsp3) is 0.652. The summed E-state index contributed by atoms with van der Waals surface area (Å²) in [6.07, 6.45) is 0.658. The van der Waals surface area contributed by atoms with Crippen LogP contribution in [0.25, 0.3) is 0 Å². The lowest BCUT2D eigenvalue weighted by Crippen LogP contribution is -2.52. The van der Waals surface area contributed by atoms with E-state index in [0.29, 0.717) is 6.42 Å². The Kier molecular flexibility index (Phi) is 34.5. The van der Waals surface area contributed by atoms with Gasteiger partial charge in [0, 0.05) is 40.2 Å². The van der Waals surface area contributed by atoms with Crippen LogP contribution in [-0.4, -0.2) is 148 Å². The van der Waals surface area contributed by atoms with Gasteiger partial charge in [0.2, 0.25) is 11.8 Å². The number of hydrogen-bond acceptors (Lipinski definition) is 22. The second kappa shape index (κ2) is 37.7. The minimum absolute atomic E-state index is 0.0440. The van der Waals surface area contributed by atoms with E-state index in [4.69, 9.17) is 47.4 Å². The van der Waals surface area contributed by atoms with Crippen LogP contribution in [0.3, 0.4) is 0 Å². The summed E-state index contributed by atoms with van der Waals surface area (Å²) >= 11 is 0. The Labute approximate surface area is 550 Å². The van der Waals surface area contributed by atoms with E-state index in [1.54, 1.807) is 55.4 Å². The number of amides is 2. The maximum Gasteiger partial charge on any atom is 0.418 e. The number of nitrogens with one attached hydrogen (secondary N) is 2. The van der Waals surface area contributed by atoms with Crippen molar-refractivity contribution < 1.29 is 105 Å². The quantitative estimate of drug-likeness (QED) is 0.0189. The highest BCUT2D eigenvalue weighted by Crippen LogP contribution is 2.49. The van der Waals surface area contributed by atoms with Crippen LogP contribution in [0, 0.1) is 37.9 Å². The molecule has 0 aromatic rings. The Morgan fingerprint density at radius 2 is 0.602 bits per heavy atom. The predicted octanol–water partition coefficient (Wildman–Crippen LogP) is 9.11. The Morgan fingerprint density at radius 3 is 0.860 bits per heavy atom. The van der Waals surface area contributed by atoms with Crippen LogP contribution in [0.15, 0.2) is 75.9 Å². The van der Waals surface area contributed by atoms with Gasteiger partial charge in [-0.25, -0.2) is 19.2 Å². The average Bonchev–Trinajstić information content (AvgIpc) is 0.789. The first-order valence-electron chi connectivity index (χ1n) is 30.7. The first kappa shape index (κ1) is 85.1. The SMILES string of the molecule is C=CCOC(=O)CC(CC(=O)OCC=C)(CC(=O)OCC=C)OC(=O)C(=O)OC(CC(C)(C)C)C(C)(C)CC(C)(C)C(=O)NCCNC(=O)C(C)(C)CC(C)(C)C(OC(=O)C(=O)OC(CC(=O)OCC=C)(CC(=O)OCC=C)CC(=O)OCC=C)C(C)(C)CC(C)(C)C. The molecule has 0 aliphatic rings. The Hall–Kier alpha value is -7.92. The number of rotatable bonds is 42. The zero-order chi connectivity index (χ0) is 72.0. The molecule has 0 bridgehead atoms. The van der Waals surface area contributed by atoms with E-state index < -0.39 is 166 Å². The molecule has 0 aliphatic heterocycles. The first-order valence-corrected chi connectivity index (χ1v) is 30.7. The van der Waals surface area contributed by atoms with Crippen molar-refractivity contribution >= 4 is 71.5 Å². The van der Waals surface area contributed by atoms with Gasteiger partial charge in [-0.2, -0.15) is 0 Å². The molecule has 2 unspecified atom stereocenters. The molecule has 93 heavy (non-hydrogen) atoms. The molecule has 0 rings (SSSR count). The monoisotopic (exact) mass is 1310 g/mol. The maximum absolute atomic E-state index is 14.2. The van der Waals surface area contributed by atoms with Gasteiger partial charge in [0.05, 0.1) is 38.5 Å². The van der Waals surface area contributed by atoms with E-state index >= 15 is 0 Å². The highest BCUT2D eigenvalue weighted by Gasteiger charge is 2.52. The number of hydrogen-bond donors (Lipinski definition) is 2. The molecular weight excluding hydrogens is 1210 g/mol. The molecule has 0 aliphatic carbocycles. The Morgan fingerprint density at radius 1 is 0.344 bits per heavy atom. The van der Waals surface area contributed by atoms with Crippen molar-refractivity contribution in [2.45, 2.75) is 198 Å². The molecule has 0 heterocycles. The summed E-state index contributed by atoms with van der Waals surface area (Å²) in [4.78, 5) is 163. The fourth-order valence-corrected chi connectivity index (χ4v) is 11.5. The topological polar surface area (TPSA) is 321 Å². The summed E-state index contributed by atoms with van der Waals surface area (Å²) in [6, 6.07) is 0. The van der Waals surface area contributed by atoms with E-state index in [-0.39, 0.29) is 77.4 Å². The van der Waals surface area contributed by atoms with E-state index in [1.165, 1.54) is 36.5 Å². The van der Waals surface area contributed by atoms with Gasteiger partial charge in [0.1, 0.15) is 63.1 Å². The van der Waals surface area contributed by atoms with Crippen molar-refractivity contribution in [3.8, 4) is 0 Å². The maximum atomic E-state index is 14.2. The zero-order valence-electron chi connectivity index (χ0n) is 58.1. The van der Waals surface area contributed by atoms with Crippen molar-refractivity contribution in [3.05, 3.63) is 75.9 Å². The molecule has 2 atom stereocenters. The molecule has 2 N–H and O–H groups in total. The molecule has 0 aromatic heterocycles. The van der Waals surface area contributed by atoms with Gasteiger partial charge in [-0.05, 0) is 36.5 Å². The van der Waals surface area contributed by atoms with Crippen LogP contribution in [-0.2, 0) is 105 Å². The first-order chi connectivity index (χ1) is 42.7.